The summed E-state index contributed by atoms with van der Waals surface area (Å²) in [7, 11) is 1.56. The number of nitrogens with zero attached hydrogens (tertiary/aromatic N) is 1. The van der Waals surface area contributed by atoms with Gasteiger partial charge < -0.3 is 25.0 Å². The second-order valence-electron chi connectivity index (χ2n) is 12.0. The molecule has 8 nitrogen and oxygen atoms in total. The molecule has 2 aromatic rings. The van der Waals surface area contributed by atoms with Crippen molar-refractivity contribution in [2.75, 3.05) is 12.4 Å². The standard InChI is InChI=1S/C32H35ClFN3O5/c1-17-7-6-9-23(18(17)2)36-30(39)28-32-14-13-25(42-32)26(29(38)35-20-11-12-22(34)21(33)15-20)27(32)31(40)37(28)16-19-8-4-5-10-24(19)41-3/h4-5,8,10-15,17-18,23,25-28H,6-7,9,16H2,1-3H3,(H,35,38)(H,36,39)/t17?,18?,23?,25-,26?,27-,28?,32?/m0/s1. The van der Waals surface area contributed by atoms with Crippen molar-refractivity contribution in [1.82, 2.24) is 10.2 Å². The monoisotopic (exact) mass is 595 g/mol. The molecule has 3 fully saturated rings. The van der Waals surface area contributed by atoms with Crippen LogP contribution in [0.4, 0.5) is 10.1 Å². The Balaban J connectivity index is 1.34. The molecule has 8 atom stereocenters. The first-order valence-electron chi connectivity index (χ1n) is 14.5. The fraction of sp³-hybridized carbons (Fsp3) is 0.469. The summed E-state index contributed by atoms with van der Waals surface area (Å²) in [5.41, 5.74) is -0.263. The molecule has 1 aliphatic carbocycles. The molecule has 42 heavy (non-hydrogen) atoms. The van der Waals surface area contributed by atoms with Crippen molar-refractivity contribution in [3.63, 3.8) is 0 Å². The van der Waals surface area contributed by atoms with Gasteiger partial charge >= 0.3 is 0 Å². The lowest BCUT2D eigenvalue weighted by Gasteiger charge is -2.38. The van der Waals surface area contributed by atoms with Crippen LogP contribution >= 0.6 is 11.6 Å². The summed E-state index contributed by atoms with van der Waals surface area (Å²) in [4.78, 5) is 43.7. The van der Waals surface area contributed by atoms with E-state index in [4.69, 9.17) is 21.1 Å². The smallest absolute Gasteiger partial charge is 0.246 e. The first-order chi connectivity index (χ1) is 20.1. The molecular weight excluding hydrogens is 561 g/mol. The topological polar surface area (TPSA) is 97.0 Å². The van der Waals surface area contributed by atoms with E-state index >= 15 is 0 Å². The Hall–Kier alpha value is -3.43. The predicted molar refractivity (Wildman–Crippen MR) is 155 cm³/mol. The number of rotatable bonds is 7. The maximum Gasteiger partial charge on any atom is 0.246 e. The number of fused-ring (bicyclic) bond motifs is 1. The van der Waals surface area contributed by atoms with Gasteiger partial charge in [0.2, 0.25) is 17.7 Å². The van der Waals surface area contributed by atoms with Crippen LogP contribution in [-0.4, -0.2) is 53.5 Å². The summed E-state index contributed by atoms with van der Waals surface area (Å²) in [5.74, 6) is -2.15. The number of hydrogen-bond acceptors (Lipinski definition) is 5. The second kappa shape index (κ2) is 11.0. The number of para-hydroxylation sites is 1. The van der Waals surface area contributed by atoms with E-state index in [-0.39, 0.29) is 35.3 Å². The highest BCUT2D eigenvalue weighted by Crippen LogP contribution is 2.55. The molecule has 2 saturated heterocycles. The Morgan fingerprint density at radius 1 is 1.17 bits per heavy atom. The number of halogens is 2. The number of methoxy groups -OCH3 is 1. The maximum atomic E-state index is 14.3. The third-order valence-corrected chi connectivity index (χ3v) is 9.97. The molecule has 2 N–H and O–H groups in total. The lowest BCUT2D eigenvalue weighted by atomic mass is 9.73. The number of nitrogens with one attached hydrogen (secondary N) is 2. The minimum atomic E-state index is -1.31. The first kappa shape index (κ1) is 28.7. The molecule has 10 heteroatoms. The SMILES string of the molecule is COc1ccccc1CN1C(=O)[C@@H]2C(C(=O)Nc3ccc(F)c(Cl)c3)[C@@H]3C=CC2(O3)C1C(=O)NC1CCCC(C)C1C. The van der Waals surface area contributed by atoms with Gasteiger partial charge in [0.05, 0.1) is 36.6 Å². The molecule has 2 aromatic carbocycles. The van der Waals surface area contributed by atoms with Gasteiger partial charge in [0.15, 0.2) is 0 Å². The number of amides is 3. The summed E-state index contributed by atoms with van der Waals surface area (Å²) in [5, 5.41) is 5.91. The zero-order chi connectivity index (χ0) is 29.8. The van der Waals surface area contributed by atoms with Crippen molar-refractivity contribution in [3.8, 4) is 5.75 Å². The van der Waals surface area contributed by atoms with Gasteiger partial charge in [-0.1, -0.05) is 68.6 Å². The normalized spacial score (nSPS) is 33.0. The van der Waals surface area contributed by atoms with E-state index < -0.39 is 41.3 Å². The quantitative estimate of drug-likeness (QED) is 0.452. The average Bonchev–Trinajstić information content (AvgIpc) is 3.61. The Morgan fingerprint density at radius 3 is 2.71 bits per heavy atom. The minimum Gasteiger partial charge on any atom is -0.496 e. The molecule has 1 saturated carbocycles. The average molecular weight is 596 g/mol. The van der Waals surface area contributed by atoms with Crippen LogP contribution in [0.2, 0.25) is 5.02 Å². The number of hydrogen-bond donors (Lipinski definition) is 2. The van der Waals surface area contributed by atoms with Gasteiger partial charge in [0.25, 0.3) is 0 Å². The highest BCUT2D eigenvalue weighted by Gasteiger charge is 2.72. The lowest BCUT2D eigenvalue weighted by molar-refractivity contribution is -0.142. The molecule has 3 aliphatic heterocycles. The molecule has 2 bridgehead atoms. The lowest BCUT2D eigenvalue weighted by Crippen LogP contribution is -2.57. The summed E-state index contributed by atoms with van der Waals surface area (Å²) < 4.78 is 25.7. The van der Waals surface area contributed by atoms with E-state index in [1.54, 1.807) is 25.3 Å². The first-order valence-corrected chi connectivity index (χ1v) is 14.9. The van der Waals surface area contributed by atoms with Gasteiger partial charge in [-0.3, -0.25) is 14.4 Å². The summed E-state index contributed by atoms with van der Waals surface area (Å²) in [6.45, 7) is 4.47. The largest absolute Gasteiger partial charge is 0.496 e. The maximum absolute atomic E-state index is 14.3. The molecular formula is C32H35ClFN3O5. The third-order valence-electron chi connectivity index (χ3n) is 9.68. The number of carbonyl (C=O) groups excluding carboxylic acids is 3. The van der Waals surface area contributed by atoms with E-state index in [0.29, 0.717) is 17.4 Å². The van der Waals surface area contributed by atoms with Crippen molar-refractivity contribution in [1.29, 1.82) is 0 Å². The Morgan fingerprint density at radius 2 is 1.95 bits per heavy atom. The van der Waals surface area contributed by atoms with Crippen LogP contribution in [0.3, 0.4) is 0 Å². The summed E-state index contributed by atoms with van der Waals surface area (Å²) >= 11 is 5.93. The van der Waals surface area contributed by atoms with E-state index in [0.717, 1.165) is 24.8 Å². The van der Waals surface area contributed by atoms with Crippen molar-refractivity contribution in [2.45, 2.75) is 63.4 Å². The second-order valence-corrected chi connectivity index (χ2v) is 12.4. The fourth-order valence-electron chi connectivity index (χ4n) is 7.30. The molecule has 0 aromatic heterocycles. The highest BCUT2D eigenvalue weighted by molar-refractivity contribution is 6.31. The zero-order valence-electron chi connectivity index (χ0n) is 23.8. The van der Waals surface area contributed by atoms with Crippen molar-refractivity contribution in [3.05, 3.63) is 71.0 Å². The zero-order valence-corrected chi connectivity index (χ0v) is 24.6. The number of ether oxygens (including phenoxy) is 2. The third kappa shape index (κ3) is 4.67. The molecule has 4 aliphatic rings. The van der Waals surface area contributed by atoms with Crippen LogP contribution < -0.4 is 15.4 Å². The molecule has 3 amide bonds. The number of carbonyl (C=O) groups is 3. The van der Waals surface area contributed by atoms with Crippen LogP contribution in [0.1, 0.15) is 38.7 Å². The van der Waals surface area contributed by atoms with Crippen molar-refractivity contribution in [2.24, 2.45) is 23.7 Å². The number of benzene rings is 2. The Bertz CT molecular complexity index is 1450. The van der Waals surface area contributed by atoms with E-state index in [2.05, 4.69) is 24.5 Å². The predicted octanol–water partition coefficient (Wildman–Crippen LogP) is 4.72. The number of anilines is 1. The molecule has 1 spiro atoms. The summed E-state index contributed by atoms with van der Waals surface area (Å²) in [6, 6.07) is 10.2. The van der Waals surface area contributed by atoms with Gasteiger partial charge in [-0.2, -0.15) is 0 Å². The molecule has 6 unspecified atom stereocenters. The van der Waals surface area contributed by atoms with Crippen LogP contribution in [0, 0.1) is 29.5 Å². The van der Waals surface area contributed by atoms with E-state index in [9.17, 15) is 18.8 Å². The van der Waals surface area contributed by atoms with Crippen molar-refractivity contribution < 1.29 is 28.2 Å². The van der Waals surface area contributed by atoms with Gasteiger partial charge in [-0.05, 0) is 42.5 Å². The fourth-order valence-corrected chi connectivity index (χ4v) is 7.48. The highest BCUT2D eigenvalue weighted by atomic mass is 35.5. The van der Waals surface area contributed by atoms with E-state index in [1.807, 2.05) is 18.2 Å². The minimum absolute atomic E-state index is 0.0233. The molecule has 0 radical (unpaired) electrons. The van der Waals surface area contributed by atoms with Gasteiger partial charge in [0.1, 0.15) is 23.2 Å². The van der Waals surface area contributed by atoms with Gasteiger partial charge in [-0.15, -0.1) is 0 Å². The van der Waals surface area contributed by atoms with Crippen molar-refractivity contribution >= 4 is 35.0 Å². The van der Waals surface area contributed by atoms with E-state index in [1.165, 1.54) is 23.1 Å². The van der Waals surface area contributed by atoms with Crippen LogP contribution in [0.25, 0.3) is 0 Å². The summed E-state index contributed by atoms with van der Waals surface area (Å²) in [6.07, 6.45) is 5.87. The van der Waals surface area contributed by atoms with Crippen LogP contribution in [0.5, 0.6) is 5.75 Å². The number of likely N-dealkylation sites (tertiary alicyclic amines) is 1. The van der Waals surface area contributed by atoms with Gasteiger partial charge in [0, 0.05) is 17.3 Å². The molecule has 3 heterocycles. The van der Waals surface area contributed by atoms with Crippen LogP contribution in [0.15, 0.2) is 54.6 Å². The molecule has 6 rings (SSSR count). The molecule has 222 valence electrons. The van der Waals surface area contributed by atoms with Gasteiger partial charge in [-0.25, -0.2) is 4.39 Å². The van der Waals surface area contributed by atoms with Crippen LogP contribution in [-0.2, 0) is 25.7 Å². The Kier molecular flexibility index (Phi) is 7.51. The Labute approximate surface area is 249 Å².